The van der Waals surface area contributed by atoms with Crippen LogP contribution in [0.2, 0.25) is 5.02 Å². The largest absolute Gasteiger partial charge is 0.361 e. The fourth-order valence-electron chi connectivity index (χ4n) is 3.40. The molecule has 4 aromatic rings. The number of aromatic nitrogens is 1. The van der Waals surface area contributed by atoms with E-state index in [4.69, 9.17) is 11.6 Å². The molecule has 0 spiro atoms. The van der Waals surface area contributed by atoms with Gasteiger partial charge in [0, 0.05) is 40.1 Å². The summed E-state index contributed by atoms with van der Waals surface area (Å²) in [5.41, 5.74) is 3.99. The fourth-order valence-corrected chi connectivity index (χ4v) is 3.59. The zero-order valence-corrected chi connectivity index (χ0v) is 15.4. The van der Waals surface area contributed by atoms with Gasteiger partial charge in [0.1, 0.15) is 0 Å². The number of rotatable bonds is 5. The molecule has 4 rings (SSSR count). The van der Waals surface area contributed by atoms with E-state index in [1.165, 1.54) is 10.9 Å². The summed E-state index contributed by atoms with van der Waals surface area (Å²) in [6.07, 6.45) is 2.04. The van der Waals surface area contributed by atoms with Crippen molar-refractivity contribution in [1.29, 1.82) is 0 Å². The molecule has 3 nitrogen and oxygen atoms in total. The van der Waals surface area contributed by atoms with Crippen LogP contribution in [-0.4, -0.2) is 17.4 Å². The molecule has 27 heavy (non-hydrogen) atoms. The van der Waals surface area contributed by atoms with Gasteiger partial charge in [0.25, 0.3) is 5.91 Å². The predicted octanol–water partition coefficient (Wildman–Crippen LogP) is 5.38. The summed E-state index contributed by atoms with van der Waals surface area (Å²) in [5.74, 6) is -0.0799. The number of amides is 1. The zero-order valence-electron chi connectivity index (χ0n) is 14.7. The summed E-state index contributed by atoms with van der Waals surface area (Å²) in [5, 5.41) is 4.79. The van der Waals surface area contributed by atoms with Gasteiger partial charge in [-0.3, -0.25) is 4.79 Å². The number of para-hydroxylation sites is 1. The van der Waals surface area contributed by atoms with Gasteiger partial charge >= 0.3 is 0 Å². The second-order valence-electron chi connectivity index (χ2n) is 6.47. The second-order valence-corrected chi connectivity index (χ2v) is 6.91. The molecule has 0 aliphatic carbocycles. The number of nitrogens with one attached hydrogen (secondary N) is 2. The van der Waals surface area contributed by atoms with Crippen molar-refractivity contribution in [2.45, 2.75) is 5.92 Å². The van der Waals surface area contributed by atoms with Crippen LogP contribution in [0.25, 0.3) is 10.9 Å². The SMILES string of the molecule is O=C(NC[C@@H](c1ccccc1)c1c[nH]c2ccccc12)c1cccc(Cl)c1. The standard InChI is InChI=1S/C23H19ClN2O/c24-18-10-6-9-17(13-18)23(27)26-14-20(16-7-2-1-3-8-16)21-15-25-22-12-5-4-11-19(21)22/h1-13,15,20,25H,14H2,(H,26,27)/t20-/m0/s1. The van der Waals surface area contributed by atoms with Gasteiger partial charge in [-0.15, -0.1) is 0 Å². The van der Waals surface area contributed by atoms with Gasteiger partial charge < -0.3 is 10.3 Å². The number of carbonyl (C=O) groups excluding carboxylic acids is 1. The monoisotopic (exact) mass is 374 g/mol. The maximum atomic E-state index is 12.6. The van der Waals surface area contributed by atoms with Crippen molar-refractivity contribution < 1.29 is 4.79 Å². The second kappa shape index (κ2) is 7.68. The lowest BCUT2D eigenvalue weighted by Crippen LogP contribution is -2.28. The quantitative estimate of drug-likeness (QED) is 0.483. The van der Waals surface area contributed by atoms with Gasteiger partial charge in [0.05, 0.1) is 0 Å². The van der Waals surface area contributed by atoms with E-state index in [-0.39, 0.29) is 11.8 Å². The van der Waals surface area contributed by atoms with Crippen molar-refractivity contribution in [2.24, 2.45) is 0 Å². The topological polar surface area (TPSA) is 44.9 Å². The number of hydrogen-bond donors (Lipinski definition) is 2. The van der Waals surface area contributed by atoms with E-state index < -0.39 is 0 Å². The molecule has 134 valence electrons. The van der Waals surface area contributed by atoms with Gasteiger partial charge in [-0.2, -0.15) is 0 Å². The maximum Gasteiger partial charge on any atom is 0.251 e. The molecule has 1 aromatic heterocycles. The Morgan fingerprint density at radius 2 is 1.74 bits per heavy atom. The molecule has 0 unspecified atom stereocenters. The summed E-state index contributed by atoms with van der Waals surface area (Å²) in [6, 6.07) is 25.4. The Labute approximate surface area is 163 Å². The normalized spacial score (nSPS) is 12.0. The lowest BCUT2D eigenvalue weighted by Gasteiger charge is -2.18. The first kappa shape index (κ1) is 17.4. The third kappa shape index (κ3) is 3.74. The van der Waals surface area contributed by atoms with Crippen LogP contribution in [0.15, 0.2) is 85.1 Å². The summed E-state index contributed by atoms with van der Waals surface area (Å²) < 4.78 is 0. The summed E-state index contributed by atoms with van der Waals surface area (Å²) in [7, 11) is 0. The summed E-state index contributed by atoms with van der Waals surface area (Å²) >= 11 is 6.01. The molecule has 0 fully saturated rings. The molecule has 0 saturated heterocycles. The summed E-state index contributed by atoms with van der Waals surface area (Å²) in [4.78, 5) is 15.9. The molecule has 4 heteroatoms. The minimum absolute atomic E-state index is 0.0467. The van der Waals surface area contributed by atoms with Crippen LogP contribution in [0.1, 0.15) is 27.4 Å². The van der Waals surface area contributed by atoms with Gasteiger partial charge in [0.2, 0.25) is 0 Å². The highest BCUT2D eigenvalue weighted by Crippen LogP contribution is 2.30. The average molecular weight is 375 g/mol. The number of carbonyl (C=O) groups is 1. The van der Waals surface area contributed by atoms with E-state index in [0.29, 0.717) is 17.1 Å². The van der Waals surface area contributed by atoms with Crippen LogP contribution in [0.3, 0.4) is 0 Å². The van der Waals surface area contributed by atoms with E-state index in [2.05, 4.69) is 34.6 Å². The Bertz CT molecular complexity index is 1070. The number of halogens is 1. The third-order valence-corrected chi connectivity index (χ3v) is 4.99. The molecule has 0 bridgehead atoms. The van der Waals surface area contributed by atoms with Crippen LogP contribution < -0.4 is 5.32 Å². The molecule has 2 N–H and O–H groups in total. The number of aromatic amines is 1. The minimum Gasteiger partial charge on any atom is -0.361 e. The highest BCUT2D eigenvalue weighted by molar-refractivity contribution is 6.30. The Morgan fingerprint density at radius 1 is 0.963 bits per heavy atom. The van der Waals surface area contributed by atoms with E-state index in [9.17, 15) is 4.79 Å². The van der Waals surface area contributed by atoms with Crippen molar-refractivity contribution >= 4 is 28.4 Å². The number of fused-ring (bicyclic) bond motifs is 1. The first-order valence-electron chi connectivity index (χ1n) is 8.87. The molecule has 1 amide bonds. The van der Waals surface area contributed by atoms with Gasteiger partial charge in [-0.05, 0) is 35.4 Å². The molecule has 0 aliphatic rings. The third-order valence-electron chi connectivity index (χ3n) is 4.75. The molecular weight excluding hydrogens is 356 g/mol. The minimum atomic E-state index is -0.127. The van der Waals surface area contributed by atoms with Crippen molar-refractivity contribution in [3.05, 3.63) is 107 Å². The lowest BCUT2D eigenvalue weighted by atomic mass is 9.91. The Balaban J connectivity index is 1.64. The highest BCUT2D eigenvalue weighted by Gasteiger charge is 2.19. The Morgan fingerprint density at radius 3 is 2.56 bits per heavy atom. The van der Waals surface area contributed by atoms with Crippen molar-refractivity contribution in [1.82, 2.24) is 10.3 Å². The van der Waals surface area contributed by atoms with Crippen LogP contribution in [-0.2, 0) is 0 Å². The zero-order chi connectivity index (χ0) is 18.6. The van der Waals surface area contributed by atoms with Gasteiger partial charge in [-0.25, -0.2) is 0 Å². The molecule has 0 radical (unpaired) electrons. The van der Waals surface area contributed by atoms with Crippen LogP contribution >= 0.6 is 11.6 Å². The molecule has 0 saturated carbocycles. The number of H-pyrrole nitrogens is 1. The van der Waals surface area contributed by atoms with Gasteiger partial charge in [0.15, 0.2) is 0 Å². The van der Waals surface area contributed by atoms with E-state index in [1.807, 2.05) is 36.5 Å². The molecular formula is C23H19ClN2O. The summed E-state index contributed by atoms with van der Waals surface area (Å²) in [6.45, 7) is 0.497. The molecule has 3 aromatic carbocycles. The Hall–Kier alpha value is -3.04. The van der Waals surface area contributed by atoms with E-state index >= 15 is 0 Å². The molecule has 0 aliphatic heterocycles. The van der Waals surface area contributed by atoms with E-state index in [1.54, 1.807) is 24.3 Å². The lowest BCUT2D eigenvalue weighted by molar-refractivity contribution is 0.0952. The van der Waals surface area contributed by atoms with Gasteiger partial charge in [-0.1, -0.05) is 66.2 Å². The van der Waals surface area contributed by atoms with Crippen molar-refractivity contribution in [3.63, 3.8) is 0 Å². The first-order valence-corrected chi connectivity index (χ1v) is 9.25. The van der Waals surface area contributed by atoms with E-state index in [0.717, 1.165) is 11.1 Å². The smallest absolute Gasteiger partial charge is 0.251 e. The maximum absolute atomic E-state index is 12.6. The molecule has 1 atom stereocenters. The highest BCUT2D eigenvalue weighted by atomic mass is 35.5. The van der Waals surface area contributed by atoms with Crippen LogP contribution in [0.5, 0.6) is 0 Å². The average Bonchev–Trinajstić information content (AvgIpc) is 3.13. The number of benzene rings is 3. The van der Waals surface area contributed by atoms with Crippen LogP contribution in [0, 0.1) is 0 Å². The number of hydrogen-bond acceptors (Lipinski definition) is 1. The van der Waals surface area contributed by atoms with Crippen molar-refractivity contribution in [2.75, 3.05) is 6.54 Å². The predicted molar refractivity (Wildman–Crippen MR) is 110 cm³/mol. The van der Waals surface area contributed by atoms with Crippen molar-refractivity contribution in [3.8, 4) is 0 Å². The molecule has 1 heterocycles. The fraction of sp³-hybridized carbons (Fsp3) is 0.0870. The van der Waals surface area contributed by atoms with Crippen LogP contribution in [0.4, 0.5) is 0 Å². The first-order chi connectivity index (χ1) is 13.2. The Kier molecular flexibility index (Phi) is 4.95.